The van der Waals surface area contributed by atoms with Gasteiger partial charge in [0.15, 0.2) is 0 Å². The van der Waals surface area contributed by atoms with Crippen molar-refractivity contribution in [3.63, 3.8) is 0 Å². The molecule has 0 saturated heterocycles. The van der Waals surface area contributed by atoms with Crippen LogP contribution in [0.4, 0.5) is 13.2 Å². The lowest BCUT2D eigenvalue weighted by molar-refractivity contribution is -0.137. The minimum atomic E-state index is -4.49. The summed E-state index contributed by atoms with van der Waals surface area (Å²) >= 11 is 8.83. The average Bonchev–Trinajstić information content (AvgIpc) is 2.67. The summed E-state index contributed by atoms with van der Waals surface area (Å²) in [6.45, 7) is 0. The zero-order valence-electron chi connectivity index (χ0n) is 8.18. The Morgan fingerprint density at radius 3 is 2.47 bits per heavy atom. The van der Waals surface area contributed by atoms with Gasteiger partial charge in [-0.05, 0) is 24.3 Å². The highest BCUT2D eigenvalue weighted by atomic mass is 79.9. The van der Waals surface area contributed by atoms with Crippen LogP contribution in [0.3, 0.4) is 0 Å². The Kier molecular flexibility index (Phi) is 3.23. The number of rotatable bonds is 1. The van der Waals surface area contributed by atoms with Gasteiger partial charge < -0.3 is 4.42 Å². The molecule has 1 aromatic heterocycles. The molecule has 1 aromatic carbocycles. The minimum Gasteiger partial charge on any atom is -0.464 e. The Balaban J connectivity index is 2.73. The van der Waals surface area contributed by atoms with Gasteiger partial charge in [0.05, 0.1) is 16.8 Å². The number of halogens is 5. The molecule has 0 aliphatic heterocycles. The highest BCUT2D eigenvalue weighted by Crippen LogP contribution is 2.42. The van der Waals surface area contributed by atoms with Crippen molar-refractivity contribution in [1.29, 1.82) is 0 Å². The molecule has 0 fully saturated rings. The van der Waals surface area contributed by atoms with Crippen LogP contribution in [-0.4, -0.2) is 0 Å². The van der Waals surface area contributed by atoms with E-state index >= 15 is 0 Å². The molecule has 2 rings (SSSR count). The number of benzene rings is 1. The first-order valence-corrected chi connectivity index (χ1v) is 5.67. The molecule has 1 heterocycles. The van der Waals surface area contributed by atoms with E-state index in [1.807, 2.05) is 0 Å². The summed E-state index contributed by atoms with van der Waals surface area (Å²) in [5.74, 6) is 0.0924. The monoisotopic (exact) mass is 324 g/mol. The molecule has 0 aliphatic carbocycles. The maximum absolute atomic E-state index is 12.9. The van der Waals surface area contributed by atoms with Crippen LogP contribution in [0.1, 0.15) is 5.56 Å². The first-order valence-electron chi connectivity index (χ1n) is 4.49. The van der Waals surface area contributed by atoms with Crippen LogP contribution in [0, 0.1) is 0 Å². The summed E-state index contributed by atoms with van der Waals surface area (Å²) in [4.78, 5) is 0. The van der Waals surface area contributed by atoms with E-state index in [1.165, 1.54) is 24.5 Å². The molecule has 0 atom stereocenters. The molecule has 0 radical (unpaired) electrons. The van der Waals surface area contributed by atoms with Gasteiger partial charge in [-0.15, -0.1) is 0 Å². The molecule has 17 heavy (non-hydrogen) atoms. The molecule has 1 nitrogen and oxygen atoms in total. The van der Waals surface area contributed by atoms with Gasteiger partial charge in [0.1, 0.15) is 5.76 Å². The largest absolute Gasteiger partial charge is 0.464 e. The van der Waals surface area contributed by atoms with Crippen LogP contribution >= 0.6 is 27.5 Å². The molecule has 0 bridgehead atoms. The van der Waals surface area contributed by atoms with Gasteiger partial charge in [-0.2, -0.15) is 13.2 Å². The Hall–Kier alpha value is -0.940. The predicted octanol–water partition coefficient (Wildman–Crippen LogP) is 5.38. The molecular weight excluding hydrogens is 320 g/mol. The van der Waals surface area contributed by atoms with Crippen molar-refractivity contribution in [2.24, 2.45) is 0 Å². The molecule has 0 N–H and O–H groups in total. The van der Waals surface area contributed by atoms with Crippen LogP contribution in [0.15, 0.2) is 39.4 Å². The number of furan rings is 1. The third kappa shape index (κ3) is 2.50. The average molecular weight is 326 g/mol. The van der Waals surface area contributed by atoms with E-state index in [-0.39, 0.29) is 20.8 Å². The van der Waals surface area contributed by atoms with Gasteiger partial charge in [-0.25, -0.2) is 0 Å². The summed E-state index contributed by atoms with van der Waals surface area (Å²) in [5, 5.41) is -0.0124. The van der Waals surface area contributed by atoms with Gasteiger partial charge in [0.2, 0.25) is 0 Å². The van der Waals surface area contributed by atoms with Crippen molar-refractivity contribution in [2.45, 2.75) is 6.18 Å². The van der Waals surface area contributed by atoms with Crippen LogP contribution in [0.2, 0.25) is 5.02 Å². The topological polar surface area (TPSA) is 13.1 Å². The van der Waals surface area contributed by atoms with E-state index in [4.69, 9.17) is 16.0 Å². The highest BCUT2D eigenvalue weighted by Gasteiger charge is 2.35. The van der Waals surface area contributed by atoms with Crippen LogP contribution in [0.5, 0.6) is 0 Å². The van der Waals surface area contributed by atoms with Crippen molar-refractivity contribution < 1.29 is 17.6 Å². The fourth-order valence-corrected chi connectivity index (χ4v) is 2.37. The van der Waals surface area contributed by atoms with Gasteiger partial charge in [0.25, 0.3) is 0 Å². The first-order chi connectivity index (χ1) is 7.89. The van der Waals surface area contributed by atoms with E-state index in [0.717, 1.165) is 6.07 Å². The Morgan fingerprint density at radius 1 is 1.24 bits per heavy atom. The number of hydrogen-bond acceptors (Lipinski definition) is 1. The van der Waals surface area contributed by atoms with E-state index in [9.17, 15) is 13.2 Å². The third-order valence-electron chi connectivity index (χ3n) is 2.13. The lowest BCUT2D eigenvalue weighted by Gasteiger charge is -2.13. The van der Waals surface area contributed by atoms with Crippen molar-refractivity contribution in [2.75, 3.05) is 0 Å². The zero-order chi connectivity index (χ0) is 12.6. The molecule has 0 unspecified atom stereocenters. The molecule has 0 aliphatic rings. The first kappa shape index (κ1) is 12.5. The quantitative estimate of drug-likeness (QED) is 0.686. The van der Waals surface area contributed by atoms with Gasteiger partial charge >= 0.3 is 6.18 Å². The normalized spacial score (nSPS) is 11.8. The van der Waals surface area contributed by atoms with Gasteiger partial charge in [-0.1, -0.05) is 27.5 Å². The van der Waals surface area contributed by atoms with Gasteiger partial charge in [0, 0.05) is 10.0 Å². The van der Waals surface area contributed by atoms with Crippen molar-refractivity contribution in [3.8, 4) is 11.3 Å². The second-order valence-electron chi connectivity index (χ2n) is 3.29. The van der Waals surface area contributed by atoms with Crippen LogP contribution in [-0.2, 0) is 6.18 Å². The predicted molar refractivity (Wildman–Crippen MR) is 61.9 cm³/mol. The molecule has 6 heteroatoms. The highest BCUT2D eigenvalue weighted by molar-refractivity contribution is 9.10. The maximum atomic E-state index is 12.9. The smallest absolute Gasteiger partial charge is 0.417 e. The lowest BCUT2D eigenvalue weighted by Crippen LogP contribution is -2.07. The zero-order valence-corrected chi connectivity index (χ0v) is 10.5. The summed E-state index contributed by atoms with van der Waals surface area (Å²) in [5.41, 5.74) is -0.973. The van der Waals surface area contributed by atoms with Crippen molar-refractivity contribution >= 4 is 27.5 Å². The molecular formula is C11H5BrClF3O. The van der Waals surface area contributed by atoms with E-state index in [2.05, 4.69) is 15.9 Å². The molecule has 0 saturated carbocycles. The summed E-state index contributed by atoms with van der Waals surface area (Å²) in [7, 11) is 0. The summed E-state index contributed by atoms with van der Waals surface area (Å²) in [6, 6.07) is 5.32. The number of hydrogen-bond donors (Lipinski definition) is 0. The van der Waals surface area contributed by atoms with Crippen LogP contribution < -0.4 is 0 Å². The lowest BCUT2D eigenvalue weighted by atomic mass is 10.0. The minimum absolute atomic E-state index is 0.0124. The second kappa shape index (κ2) is 4.38. The SMILES string of the molecule is FC(F)(F)c1cc(Br)cc(Cl)c1-c1ccco1. The fraction of sp³-hybridized carbons (Fsp3) is 0.0909. The molecule has 0 amide bonds. The summed E-state index contributed by atoms with van der Waals surface area (Å²) in [6.07, 6.45) is -3.19. The Morgan fingerprint density at radius 2 is 1.94 bits per heavy atom. The number of alkyl halides is 3. The van der Waals surface area contributed by atoms with Crippen molar-refractivity contribution in [3.05, 3.63) is 45.6 Å². The summed E-state index contributed by atoms with van der Waals surface area (Å²) < 4.78 is 43.9. The maximum Gasteiger partial charge on any atom is 0.417 e. The van der Waals surface area contributed by atoms with E-state index in [1.54, 1.807) is 0 Å². The Labute approximate surface area is 108 Å². The van der Waals surface area contributed by atoms with E-state index < -0.39 is 11.7 Å². The fourth-order valence-electron chi connectivity index (χ4n) is 1.47. The van der Waals surface area contributed by atoms with Crippen LogP contribution in [0.25, 0.3) is 11.3 Å². The third-order valence-corrected chi connectivity index (χ3v) is 2.88. The van der Waals surface area contributed by atoms with Crippen molar-refractivity contribution in [1.82, 2.24) is 0 Å². The second-order valence-corrected chi connectivity index (χ2v) is 4.61. The standard InChI is InChI=1S/C11H5BrClF3O/c12-6-4-7(11(14,15)16)10(8(13)5-6)9-2-1-3-17-9/h1-5H. The molecule has 0 spiro atoms. The molecule has 90 valence electrons. The Bertz CT molecular complexity index is 534. The van der Waals surface area contributed by atoms with Gasteiger partial charge in [-0.3, -0.25) is 0 Å². The molecule has 2 aromatic rings. The van der Waals surface area contributed by atoms with E-state index in [0.29, 0.717) is 0 Å².